The summed E-state index contributed by atoms with van der Waals surface area (Å²) in [6, 6.07) is 14.3. The zero-order chi connectivity index (χ0) is 16.9. The predicted octanol–water partition coefficient (Wildman–Crippen LogP) is 4.74. The Morgan fingerprint density at radius 3 is 2.46 bits per heavy atom. The predicted molar refractivity (Wildman–Crippen MR) is 102 cm³/mol. The molecule has 0 amide bonds. The molecule has 0 bridgehead atoms. The van der Waals surface area contributed by atoms with E-state index in [1.807, 2.05) is 6.92 Å². The summed E-state index contributed by atoms with van der Waals surface area (Å²) in [5, 5.41) is 9.79. The number of nitrogens with one attached hydrogen (secondary N) is 2. The van der Waals surface area contributed by atoms with E-state index >= 15 is 0 Å². The minimum absolute atomic E-state index is 0.269. The Morgan fingerprint density at radius 1 is 1.12 bits per heavy atom. The highest BCUT2D eigenvalue weighted by Gasteiger charge is 2.03. The van der Waals surface area contributed by atoms with Crippen LogP contribution >= 0.6 is 23.6 Å². The van der Waals surface area contributed by atoms with Crippen LogP contribution in [0.4, 0.5) is 10.1 Å². The van der Waals surface area contributed by atoms with Crippen molar-refractivity contribution >= 4 is 34.4 Å². The minimum Gasteiger partial charge on any atom is -0.358 e. The number of nitrogens with zero attached hydrogens (tertiary/aromatic N) is 1. The fourth-order valence-electron chi connectivity index (χ4n) is 2.18. The van der Waals surface area contributed by atoms with E-state index in [0.29, 0.717) is 11.7 Å². The van der Waals surface area contributed by atoms with E-state index in [1.165, 1.54) is 12.1 Å². The van der Waals surface area contributed by atoms with Crippen molar-refractivity contribution in [3.05, 3.63) is 70.3 Å². The van der Waals surface area contributed by atoms with Crippen molar-refractivity contribution in [2.75, 3.05) is 5.32 Å². The first kappa shape index (κ1) is 16.5. The molecule has 0 aliphatic rings. The molecule has 0 fully saturated rings. The molecule has 1 heterocycles. The SMILES string of the molecule is Cc1nc(-c2ccc(CNC(=S)Nc3ccc(F)cc3)cc2)cs1. The van der Waals surface area contributed by atoms with Gasteiger partial charge in [0.25, 0.3) is 0 Å². The third kappa shape index (κ3) is 4.37. The van der Waals surface area contributed by atoms with Gasteiger partial charge in [-0.2, -0.15) is 0 Å². The number of halogens is 1. The number of benzene rings is 2. The van der Waals surface area contributed by atoms with Gasteiger partial charge in [0.15, 0.2) is 5.11 Å². The molecule has 0 aliphatic heterocycles. The zero-order valence-electron chi connectivity index (χ0n) is 13.0. The molecule has 0 aliphatic carbocycles. The highest BCUT2D eigenvalue weighted by molar-refractivity contribution is 7.80. The summed E-state index contributed by atoms with van der Waals surface area (Å²) in [6.45, 7) is 2.62. The Morgan fingerprint density at radius 2 is 1.83 bits per heavy atom. The van der Waals surface area contributed by atoms with Gasteiger partial charge in [0.2, 0.25) is 0 Å². The van der Waals surface area contributed by atoms with Gasteiger partial charge in [-0.3, -0.25) is 0 Å². The molecule has 1 aromatic heterocycles. The molecule has 2 aromatic carbocycles. The molecular formula is C18H16FN3S2. The first-order valence-electron chi connectivity index (χ1n) is 7.42. The first-order valence-corrected chi connectivity index (χ1v) is 8.71. The smallest absolute Gasteiger partial charge is 0.171 e. The second kappa shape index (κ2) is 7.51. The van der Waals surface area contributed by atoms with Gasteiger partial charge in [-0.25, -0.2) is 9.37 Å². The molecule has 0 radical (unpaired) electrons. The largest absolute Gasteiger partial charge is 0.358 e. The number of hydrogen-bond donors (Lipinski definition) is 2. The number of rotatable bonds is 4. The lowest BCUT2D eigenvalue weighted by molar-refractivity contribution is 0.628. The van der Waals surface area contributed by atoms with E-state index in [2.05, 4.69) is 45.3 Å². The minimum atomic E-state index is -0.269. The summed E-state index contributed by atoms with van der Waals surface area (Å²) < 4.78 is 12.9. The lowest BCUT2D eigenvalue weighted by atomic mass is 10.1. The number of thiocarbonyl (C=S) groups is 1. The van der Waals surface area contributed by atoms with E-state index in [4.69, 9.17) is 12.2 Å². The molecule has 6 heteroatoms. The maximum absolute atomic E-state index is 12.9. The quantitative estimate of drug-likeness (QED) is 0.661. The molecular weight excluding hydrogens is 341 g/mol. The van der Waals surface area contributed by atoms with E-state index < -0.39 is 0 Å². The summed E-state index contributed by atoms with van der Waals surface area (Å²) >= 11 is 6.90. The van der Waals surface area contributed by atoms with Crippen molar-refractivity contribution in [3.8, 4) is 11.3 Å². The topological polar surface area (TPSA) is 37.0 Å². The van der Waals surface area contributed by atoms with Crippen LogP contribution in [-0.4, -0.2) is 10.1 Å². The molecule has 122 valence electrons. The van der Waals surface area contributed by atoms with Crippen LogP contribution in [-0.2, 0) is 6.54 Å². The summed E-state index contributed by atoms with van der Waals surface area (Å²) in [5.41, 5.74) is 3.98. The average Bonchev–Trinajstić information content (AvgIpc) is 3.02. The number of aromatic nitrogens is 1. The maximum Gasteiger partial charge on any atom is 0.171 e. The van der Waals surface area contributed by atoms with E-state index in [-0.39, 0.29) is 5.82 Å². The second-order valence-corrected chi connectivity index (χ2v) is 6.73. The molecule has 0 saturated heterocycles. The van der Waals surface area contributed by atoms with Crippen molar-refractivity contribution in [3.63, 3.8) is 0 Å². The van der Waals surface area contributed by atoms with E-state index in [9.17, 15) is 4.39 Å². The van der Waals surface area contributed by atoms with Gasteiger partial charge in [0.05, 0.1) is 10.7 Å². The fraction of sp³-hybridized carbons (Fsp3) is 0.111. The van der Waals surface area contributed by atoms with Crippen molar-refractivity contribution in [1.82, 2.24) is 10.3 Å². The van der Waals surface area contributed by atoms with Crippen LogP contribution in [0.1, 0.15) is 10.6 Å². The normalized spacial score (nSPS) is 10.4. The molecule has 0 spiro atoms. The fourth-order valence-corrected chi connectivity index (χ4v) is 2.99. The van der Waals surface area contributed by atoms with Crippen LogP contribution in [0.5, 0.6) is 0 Å². The summed E-state index contributed by atoms with van der Waals surface area (Å²) in [4.78, 5) is 4.48. The third-order valence-electron chi connectivity index (χ3n) is 3.42. The van der Waals surface area contributed by atoms with Crippen LogP contribution < -0.4 is 10.6 Å². The molecule has 2 N–H and O–H groups in total. The molecule has 0 saturated carbocycles. The zero-order valence-corrected chi connectivity index (χ0v) is 14.7. The molecule has 3 aromatic rings. The standard InChI is InChI=1S/C18H16FN3S2/c1-12-21-17(11-24-12)14-4-2-13(3-5-14)10-20-18(23)22-16-8-6-15(19)7-9-16/h2-9,11H,10H2,1H3,(H2,20,22,23). The number of anilines is 1. The second-order valence-electron chi connectivity index (χ2n) is 5.26. The Hall–Kier alpha value is -2.31. The van der Waals surface area contributed by atoms with Gasteiger partial charge in [-0.15, -0.1) is 11.3 Å². The van der Waals surface area contributed by atoms with Crippen molar-refractivity contribution in [2.24, 2.45) is 0 Å². The van der Waals surface area contributed by atoms with Gasteiger partial charge >= 0.3 is 0 Å². The molecule has 3 rings (SSSR count). The van der Waals surface area contributed by atoms with Gasteiger partial charge in [-0.1, -0.05) is 24.3 Å². The number of thiazole rings is 1. The van der Waals surface area contributed by atoms with Crippen LogP contribution in [0.15, 0.2) is 53.9 Å². The van der Waals surface area contributed by atoms with Gasteiger partial charge in [0, 0.05) is 23.2 Å². The highest BCUT2D eigenvalue weighted by atomic mass is 32.1. The highest BCUT2D eigenvalue weighted by Crippen LogP contribution is 2.21. The Balaban J connectivity index is 1.54. The number of hydrogen-bond acceptors (Lipinski definition) is 3. The van der Waals surface area contributed by atoms with Crippen molar-refractivity contribution in [2.45, 2.75) is 13.5 Å². The molecule has 0 unspecified atom stereocenters. The molecule has 0 atom stereocenters. The Bertz CT molecular complexity index is 826. The van der Waals surface area contributed by atoms with Crippen molar-refractivity contribution in [1.29, 1.82) is 0 Å². The van der Waals surface area contributed by atoms with Gasteiger partial charge in [0.1, 0.15) is 5.82 Å². The molecule has 24 heavy (non-hydrogen) atoms. The third-order valence-corrected chi connectivity index (χ3v) is 4.44. The van der Waals surface area contributed by atoms with Gasteiger partial charge in [-0.05, 0) is 49.0 Å². The van der Waals surface area contributed by atoms with Crippen LogP contribution in [0.25, 0.3) is 11.3 Å². The Kier molecular flexibility index (Phi) is 5.17. The maximum atomic E-state index is 12.9. The average molecular weight is 357 g/mol. The first-order chi connectivity index (χ1) is 11.6. The van der Waals surface area contributed by atoms with E-state index in [0.717, 1.165) is 27.5 Å². The lowest BCUT2D eigenvalue weighted by Gasteiger charge is -2.11. The summed E-state index contributed by atoms with van der Waals surface area (Å²) in [5.74, 6) is -0.269. The monoisotopic (exact) mass is 357 g/mol. The summed E-state index contributed by atoms with van der Waals surface area (Å²) in [6.07, 6.45) is 0. The molecule has 3 nitrogen and oxygen atoms in total. The van der Waals surface area contributed by atoms with Gasteiger partial charge < -0.3 is 10.6 Å². The summed E-state index contributed by atoms with van der Waals surface area (Å²) in [7, 11) is 0. The van der Waals surface area contributed by atoms with E-state index in [1.54, 1.807) is 23.5 Å². The van der Waals surface area contributed by atoms with Crippen LogP contribution in [0.2, 0.25) is 0 Å². The number of aryl methyl sites for hydroxylation is 1. The van der Waals surface area contributed by atoms with Crippen LogP contribution in [0, 0.1) is 12.7 Å². The van der Waals surface area contributed by atoms with Crippen molar-refractivity contribution < 1.29 is 4.39 Å². The van der Waals surface area contributed by atoms with Crippen LogP contribution in [0.3, 0.4) is 0 Å². The lowest BCUT2D eigenvalue weighted by Crippen LogP contribution is -2.27. The Labute approximate surface area is 149 Å².